The highest BCUT2D eigenvalue weighted by molar-refractivity contribution is 7.71. The van der Waals surface area contributed by atoms with Crippen molar-refractivity contribution in [2.75, 3.05) is 46.3 Å². The Morgan fingerprint density at radius 3 is 2.69 bits per heavy atom. The molecule has 29 heavy (non-hydrogen) atoms. The molecule has 7 nitrogen and oxygen atoms in total. The number of nitrogens with one attached hydrogen (secondary N) is 1. The van der Waals surface area contributed by atoms with Gasteiger partial charge < -0.3 is 14.8 Å². The number of aromatic amines is 1. The molecule has 4 rings (SSSR count). The van der Waals surface area contributed by atoms with Crippen LogP contribution in [0, 0.1) is 4.77 Å². The molecule has 3 heterocycles. The third-order valence-electron chi connectivity index (χ3n) is 6.22. The zero-order valence-electron chi connectivity index (χ0n) is 17.0. The number of aromatic nitrogens is 2. The first-order valence-corrected chi connectivity index (χ1v) is 10.9. The molecule has 0 spiro atoms. The van der Waals surface area contributed by atoms with Crippen molar-refractivity contribution in [3.63, 3.8) is 0 Å². The summed E-state index contributed by atoms with van der Waals surface area (Å²) in [7, 11) is 2.19. The molecular formula is C21H29N5O2S. The SMILES string of the molecule is CN1CCCC(N2CCN(C(=O)CCn3c(=S)[nH]c4ccccc4c3=O)CC2)C1. The van der Waals surface area contributed by atoms with Crippen LogP contribution in [0.5, 0.6) is 0 Å². The molecule has 1 amide bonds. The molecule has 0 radical (unpaired) electrons. The maximum absolute atomic E-state index is 12.7. The number of H-pyrrole nitrogens is 1. The Balaban J connectivity index is 1.35. The van der Waals surface area contributed by atoms with Gasteiger partial charge in [-0.2, -0.15) is 0 Å². The molecule has 0 bridgehead atoms. The number of hydrogen-bond acceptors (Lipinski definition) is 5. The van der Waals surface area contributed by atoms with Crippen molar-refractivity contribution < 1.29 is 4.79 Å². The first-order valence-electron chi connectivity index (χ1n) is 10.4. The molecule has 2 aromatic rings. The second-order valence-electron chi connectivity index (χ2n) is 8.16. The quantitative estimate of drug-likeness (QED) is 0.770. The van der Waals surface area contributed by atoms with Crippen LogP contribution in [0.4, 0.5) is 0 Å². The van der Waals surface area contributed by atoms with Gasteiger partial charge in [-0.25, -0.2) is 0 Å². The van der Waals surface area contributed by atoms with Crippen molar-refractivity contribution >= 4 is 29.0 Å². The number of piperidine rings is 1. The van der Waals surface area contributed by atoms with E-state index in [2.05, 4.69) is 21.8 Å². The molecule has 2 fully saturated rings. The molecule has 1 aromatic carbocycles. The molecule has 8 heteroatoms. The highest BCUT2D eigenvalue weighted by Gasteiger charge is 2.28. The third-order valence-corrected chi connectivity index (χ3v) is 6.54. The van der Waals surface area contributed by atoms with Gasteiger partial charge in [-0.1, -0.05) is 12.1 Å². The molecule has 1 atom stereocenters. The highest BCUT2D eigenvalue weighted by atomic mass is 32.1. The van der Waals surface area contributed by atoms with E-state index in [-0.39, 0.29) is 11.5 Å². The zero-order valence-corrected chi connectivity index (χ0v) is 17.8. The van der Waals surface area contributed by atoms with Gasteiger partial charge in [0.1, 0.15) is 0 Å². The fourth-order valence-corrected chi connectivity index (χ4v) is 4.83. The van der Waals surface area contributed by atoms with Crippen LogP contribution in [0.3, 0.4) is 0 Å². The van der Waals surface area contributed by atoms with Crippen LogP contribution in [-0.2, 0) is 11.3 Å². The maximum Gasteiger partial charge on any atom is 0.262 e. The van der Waals surface area contributed by atoms with E-state index >= 15 is 0 Å². The molecule has 156 valence electrons. The average molecular weight is 416 g/mol. The minimum atomic E-state index is -0.136. The second kappa shape index (κ2) is 8.77. The minimum absolute atomic E-state index is 0.0971. The van der Waals surface area contributed by atoms with Crippen LogP contribution in [0.25, 0.3) is 10.9 Å². The maximum atomic E-state index is 12.7. The van der Waals surface area contributed by atoms with Gasteiger partial charge in [-0.05, 0) is 50.8 Å². The molecular weight excluding hydrogens is 386 g/mol. The number of hydrogen-bond donors (Lipinski definition) is 1. The summed E-state index contributed by atoms with van der Waals surface area (Å²) < 4.78 is 1.87. The molecule has 2 aliphatic heterocycles. The number of likely N-dealkylation sites (N-methyl/N-ethyl adjacent to an activating group) is 1. The fraction of sp³-hybridized carbons (Fsp3) is 0.571. The van der Waals surface area contributed by atoms with E-state index in [0.717, 1.165) is 38.2 Å². The number of likely N-dealkylation sites (tertiary alicyclic amines) is 1. The standard InChI is InChI=1S/C21H29N5O2S/c1-23-9-4-5-16(15-23)24-11-13-25(14-12-24)19(27)8-10-26-20(28)17-6-2-3-7-18(17)22-21(26)29/h2-3,6-7,16H,4-5,8-15H2,1H3,(H,22,29). The van der Waals surface area contributed by atoms with Gasteiger partial charge in [-0.3, -0.25) is 19.1 Å². The summed E-state index contributed by atoms with van der Waals surface area (Å²) in [5.74, 6) is 0.0971. The topological polar surface area (TPSA) is 64.6 Å². The van der Waals surface area contributed by atoms with Crippen LogP contribution < -0.4 is 5.56 Å². The molecule has 2 saturated heterocycles. The van der Waals surface area contributed by atoms with Crippen molar-refractivity contribution in [3.05, 3.63) is 39.4 Å². The zero-order chi connectivity index (χ0) is 20.4. The monoisotopic (exact) mass is 415 g/mol. The van der Waals surface area contributed by atoms with Crippen molar-refractivity contribution in [2.45, 2.75) is 31.8 Å². The summed E-state index contributed by atoms with van der Waals surface area (Å²) in [6.07, 6.45) is 2.80. The lowest BCUT2D eigenvalue weighted by atomic mass is 10.0. The molecule has 1 unspecified atom stereocenters. The average Bonchev–Trinajstić information content (AvgIpc) is 2.73. The van der Waals surface area contributed by atoms with Gasteiger partial charge in [0, 0.05) is 51.7 Å². The number of piperazine rings is 1. The summed E-state index contributed by atoms with van der Waals surface area (Å²) in [6.45, 7) is 6.01. The number of carbonyl (C=O) groups is 1. The van der Waals surface area contributed by atoms with E-state index in [4.69, 9.17) is 12.2 Å². The van der Waals surface area contributed by atoms with E-state index in [9.17, 15) is 9.59 Å². The Bertz CT molecular complexity index is 992. The number of rotatable bonds is 4. The Labute approximate surface area is 175 Å². The summed E-state index contributed by atoms with van der Waals surface area (Å²) in [5, 5.41) is 0.597. The molecule has 0 saturated carbocycles. The lowest BCUT2D eigenvalue weighted by molar-refractivity contribution is -0.133. The highest BCUT2D eigenvalue weighted by Crippen LogP contribution is 2.17. The third kappa shape index (κ3) is 4.44. The van der Waals surface area contributed by atoms with E-state index in [1.807, 2.05) is 23.1 Å². The predicted molar refractivity (Wildman–Crippen MR) is 117 cm³/mol. The predicted octanol–water partition coefficient (Wildman–Crippen LogP) is 1.69. The van der Waals surface area contributed by atoms with E-state index in [0.29, 0.717) is 29.2 Å². The Morgan fingerprint density at radius 1 is 1.17 bits per heavy atom. The number of para-hydroxylation sites is 1. The molecule has 1 aromatic heterocycles. The molecule has 2 aliphatic rings. The largest absolute Gasteiger partial charge is 0.340 e. The summed E-state index contributed by atoms with van der Waals surface area (Å²) in [6, 6.07) is 7.93. The smallest absolute Gasteiger partial charge is 0.262 e. The number of carbonyl (C=O) groups excluding carboxylic acids is 1. The lowest BCUT2D eigenvalue weighted by Gasteiger charge is -2.42. The first-order chi connectivity index (χ1) is 14.0. The van der Waals surface area contributed by atoms with Crippen LogP contribution in [0.15, 0.2) is 29.1 Å². The van der Waals surface area contributed by atoms with E-state index in [1.165, 1.54) is 24.0 Å². The minimum Gasteiger partial charge on any atom is -0.340 e. The Hall–Kier alpha value is -2.03. The normalized spacial score (nSPS) is 21.6. The summed E-state index contributed by atoms with van der Waals surface area (Å²) >= 11 is 5.34. The van der Waals surface area contributed by atoms with Gasteiger partial charge in [0.05, 0.1) is 10.9 Å². The number of amides is 1. The van der Waals surface area contributed by atoms with E-state index < -0.39 is 0 Å². The number of nitrogens with zero attached hydrogens (tertiary/aromatic N) is 4. The first kappa shape index (κ1) is 20.3. The van der Waals surface area contributed by atoms with Crippen LogP contribution >= 0.6 is 12.2 Å². The lowest BCUT2D eigenvalue weighted by Crippen LogP contribution is -2.55. The molecule has 1 N–H and O–H groups in total. The van der Waals surface area contributed by atoms with Gasteiger partial charge in [-0.15, -0.1) is 0 Å². The van der Waals surface area contributed by atoms with Crippen molar-refractivity contribution in [1.82, 2.24) is 24.3 Å². The van der Waals surface area contributed by atoms with Gasteiger partial charge in [0.2, 0.25) is 5.91 Å². The van der Waals surface area contributed by atoms with Crippen LogP contribution in [0.1, 0.15) is 19.3 Å². The van der Waals surface area contributed by atoms with Crippen molar-refractivity contribution in [1.29, 1.82) is 0 Å². The van der Waals surface area contributed by atoms with Crippen molar-refractivity contribution in [2.24, 2.45) is 0 Å². The summed E-state index contributed by atoms with van der Waals surface area (Å²) in [4.78, 5) is 35.4. The number of benzene rings is 1. The molecule has 0 aliphatic carbocycles. The number of fused-ring (bicyclic) bond motifs is 1. The van der Waals surface area contributed by atoms with Gasteiger partial charge in [0.15, 0.2) is 4.77 Å². The van der Waals surface area contributed by atoms with E-state index in [1.54, 1.807) is 6.07 Å². The van der Waals surface area contributed by atoms with Gasteiger partial charge in [0.25, 0.3) is 5.56 Å². The Kier molecular flexibility index (Phi) is 6.12. The fourth-order valence-electron chi connectivity index (χ4n) is 4.54. The summed E-state index contributed by atoms with van der Waals surface area (Å²) in [5.41, 5.74) is 0.595. The van der Waals surface area contributed by atoms with Gasteiger partial charge >= 0.3 is 0 Å². The van der Waals surface area contributed by atoms with Crippen LogP contribution in [0.2, 0.25) is 0 Å². The van der Waals surface area contributed by atoms with Crippen molar-refractivity contribution in [3.8, 4) is 0 Å². The van der Waals surface area contributed by atoms with Crippen LogP contribution in [-0.4, -0.2) is 82.5 Å². The Morgan fingerprint density at radius 2 is 1.93 bits per heavy atom. The second-order valence-corrected chi connectivity index (χ2v) is 8.54.